The van der Waals surface area contributed by atoms with E-state index >= 15 is 0 Å². The second-order valence-electron chi connectivity index (χ2n) is 6.03. The van der Waals surface area contributed by atoms with E-state index in [1.54, 1.807) is 25.1 Å². The Morgan fingerprint density at radius 1 is 1.22 bits per heavy atom. The molecule has 2 heterocycles. The van der Waals surface area contributed by atoms with Gasteiger partial charge in [0.1, 0.15) is 21.9 Å². The minimum atomic E-state index is -0.732. The van der Waals surface area contributed by atoms with E-state index in [-0.39, 0.29) is 11.1 Å². The Morgan fingerprint density at radius 3 is 2.63 bits per heavy atom. The van der Waals surface area contributed by atoms with Crippen LogP contribution < -0.4 is 15.0 Å². The van der Waals surface area contributed by atoms with E-state index in [9.17, 15) is 9.59 Å². The van der Waals surface area contributed by atoms with Crippen molar-refractivity contribution in [2.45, 2.75) is 26.9 Å². The highest BCUT2D eigenvalue weighted by atomic mass is 32.1. The minimum Gasteiger partial charge on any atom is -0.497 e. The van der Waals surface area contributed by atoms with Crippen molar-refractivity contribution in [3.8, 4) is 11.5 Å². The molecule has 3 aromatic rings. The average Bonchev–Trinajstić information content (AvgIpc) is 2.95. The van der Waals surface area contributed by atoms with Crippen LogP contribution in [0.3, 0.4) is 0 Å². The fraction of sp³-hybridized carbons (Fsp3) is 0.316. The molecule has 0 unspecified atom stereocenters. The number of esters is 1. The molecular weight excluding hydrogens is 368 g/mol. The number of fused-ring (bicyclic) bond motifs is 1. The quantitative estimate of drug-likeness (QED) is 0.673. The van der Waals surface area contributed by atoms with Gasteiger partial charge in [0.05, 0.1) is 19.6 Å². The number of benzene rings is 1. The van der Waals surface area contributed by atoms with E-state index in [1.165, 1.54) is 25.6 Å². The van der Waals surface area contributed by atoms with Crippen LogP contribution in [0.25, 0.3) is 10.2 Å². The van der Waals surface area contributed by atoms with Gasteiger partial charge < -0.3 is 19.2 Å². The van der Waals surface area contributed by atoms with Gasteiger partial charge in [0, 0.05) is 10.9 Å². The van der Waals surface area contributed by atoms with Gasteiger partial charge in [0.15, 0.2) is 11.9 Å². The highest BCUT2D eigenvalue weighted by Crippen LogP contribution is 2.29. The maximum atomic E-state index is 12.6. The number of methoxy groups -OCH3 is 2. The number of hydrogen-bond acceptors (Lipinski definition) is 7. The van der Waals surface area contributed by atoms with E-state index in [1.807, 2.05) is 13.8 Å². The molecular formula is C19H20N2O5S. The average molecular weight is 388 g/mol. The van der Waals surface area contributed by atoms with Crippen LogP contribution in [0.4, 0.5) is 0 Å². The lowest BCUT2D eigenvalue weighted by atomic mass is 10.2. The fourth-order valence-corrected chi connectivity index (χ4v) is 3.75. The molecule has 7 nitrogen and oxygen atoms in total. The van der Waals surface area contributed by atoms with Crippen LogP contribution in [-0.4, -0.2) is 30.2 Å². The van der Waals surface area contributed by atoms with Crippen LogP contribution in [0, 0.1) is 13.8 Å². The van der Waals surface area contributed by atoms with E-state index in [4.69, 9.17) is 14.2 Å². The van der Waals surface area contributed by atoms with E-state index in [2.05, 4.69) is 9.97 Å². The highest BCUT2D eigenvalue weighted by Gasteiger charge is 2.21. The normalized spacial score (nSPS) is 12.0. The Balaban J connectivity index is 1.89. The minimum absolute atomic E-state index is 0.234. The molecule has 2 aromatic heterocycles. The van der Waals surface area contributed by atoms with Gasteiger partial charge in [-0.05, 0) is 38.5 Å². The van der Waals surface area contributed by atoms with Crippen molar-refractivity contribution in [2.24, 2.45) is 0 Å². The molecule has 27 heavy (non-hydrogen) atoms. The number of carbonyl (C=O) groups is 1. The van der Waals surface area contributed by atoms with Gasteiger partial charge in [-0.15, -0.1) is 11.3 Å². The standard InChI is InChI=1S/C19H20N2O5S/c1-9-11(3)27-18-15(9)17(22)20-16(21-18)10(2)26-19(23)13-7-6-12(24-4)8-14(13)25-5/h6-8,10H,1-5H3,(H,20,21,22)/t10-/m0/s1. The maximum Gasteiger partial charge on any atom is 0.342 e. The summed E-state index contributed by atoms with van der Waals surface area (Å²) in [6, 6.07) is 4.82. The van der Waals surface area contributed by atoms with Crippen molar-refractivity contribution >= 4 is 27.5 Å². The Hall–Kier alpha value is -2.87. The topological polar surface area (TPSA) is 90.5 Å². The van der Waals surface area contributed by atoms with Crippen molar-refractivity contribution in [1.82, 2.24) is 9.97 Å². The number of hydrogen-bond donors (Lipinski definition) is 1. The lowest BCUT2D eigenvalue weighted by Crippen LogP contribution is -2.17. The van der Waals surface area contributed by atoms with Gasteiger partial charge in [-0.25, -0.2) is 9.78 Å². The number of aromatic amines is 1. The lowest BCUT2D eigenvalue weighted by Gasteiger charge is -2.14. The third kappa shape index (κ3) is 3.52. The molecule has 0 aliphatic heterocycles. The number of ether oxygens (including phenoxy) is 3. The molecule has 0 saturated heterocycles. The molecule has 3 rings (SSSR count). The first-order valence-corrected chi connectivity index (χ1v) is 9.10. The summed E-state index contributed by atoms with van der Waals surface area (Å²) in [4.78, 5) is 33.8. The number of carbonyl (C=O) groups excluding carboxylic acids is 1. The van der Waals surface area contributed by atoms with Crippen molar-refractivity contribution in [1.29, 1.82) is 0 Å². The molecule has 0 radical (unpaired) electrons. The molecule has 8 heteroatoms. The van der Waals surface area contributed by atoms with Crippen molar-refractivity contribution in [2.75, 3.05) is 14.2 Å². The summed E-state index contributed by atoms with van der Waals surface area (Å²) in [5, 5.41) is 0.580. The summed E-state index contributed by atoms with van der Waals surface area (Å²) in [7, 11) is 2.99. The molecule has 1 atom stereocenters. The molecule has 0 amide bonds. The molecule has 0 spiro atoms. The highest BCUT2D eigenvalue weighted by molar-refractivity contribution is 7.18. The van der Waals surface area contributed by atoms with Crippen LogP contribution in [0.15, 0.2) is 23.0 Å². The van der Waals surface area contributed by atoms with Crippen molar-refractivity contribution < 1.29 is 19.0 Å². The number of rotatable bonds is 5. The number of aromatic nitrogens is 2. The summed E-state index contributed by atoms with van der Waals surface area (Å²) in [6.07, 6.45) is -0.732. The van der Waals surface area contributed by atoms with Gasteiger partial charge in [-0.1, -0.05) is 0 Å². The Bertz CT molecular complexity index is 1070. The van der Waals surface area contributed by atoms with E-state index in [0.29, 0.717) is 27.5 Å². The SMILES string of the molecule is COc1ccc(C(=O)O[C@@H](C)c2nc3sc(C)c(C)c3c(=O)[nH]2)c(OC)c1. The molecule has 0 aliphatic rings. The number of aryl methyl sites for hydroxylation is 2. The number of nitrogens with one attached hydrogen (secondary N) is 1. The largest absolute Gasteiger partial charge is 0.497 e. The van der Waals surface area contributed by atoms with Gasteiger partial charge in [-0.3, -0.25) is 4.79 Å². The van der Waals surface area contributed by atoms with Crippen molar-refractivity contribution in [3.05, 3.63) is 50.4 Å². The maximum absolute atomic E-state index is 12.6. The first-order chi connectivity index (χ1) is 12.8. The molecule has 0 aliphatic carbocycles. The molecule has 142 valence electrons. The predicted molar refractivity (Wildman–Crippen MR) is 103 cm³/mol. The molecule has 0 saturated carbocycles. The van der Waals surface area contributed by atoms with Crippen LogP contribution in [0.1, 0.15) is 39.7 Å². The monoisotopic (exact) mass is 388 g/mol. The zero-order valence-electron chi connectivity index (χ0n) is 15.7. The van der Waals surface area contributed by atoms with Gasteiger partial charge in [0.25, 0.3) is 5.56 Å². The summed E-state index contributed by atoms with van der Waals surface area (Å²) in [5.74, 6) is 0.627. The summed E-state index contributed by atoms with van der Waals surface area (Å²) >= 11 is 1.44. The van der Waals surface area contributed by atoms with Crippen molar-refractivity contribution in [3.63, 3.8) is 0 Å². The van der Waals surface area contributed by atoms with Gasteiger partial charge in [-0.2, -0.15) is 0 Å². The van der Waals surface area contributed by atoms with Crippen LogP contribution in [0.2, 0.25) is 0 Å². The zero-order chi connectivity index (χ0) is 19.7. The Kier molecular flexibility index (Phi) is 5.18. The van der Waals surface area contributed by atoms with E-state index in [0.717, 1.165) is 10.4 Å². The molecule has 1 N–H and O–H groups in total. The number of H-pyrrole nitrogens is 1. The lowest BCUT2D eigenvalue weighted by molar-refractivity contribution is 0.0316. The first-order valence-electron chi connectivity index (χ1n) is 8.28. The molecule has 0 fully saturated rings. The first kappa shape index (κ1) is 18.9. The fourth-order valence-electron chi connectivity index (χ4n) is 2.71. The summed E-state index contributed by atoms with van der Waals surface area (Å²) in [6.45, 7) is 5.50. The second-order valence-corrected chi connectivity index (χ2v) is 7.23. The Labute approximate surface area is 159 Å². The van der Waals surface area contributed by atoms with Gasteiger partial charge >= 0.3 is 5.97 Å². The van der Waals surface area contributed by atoms with Gasteiger partial charge in [0.2, 0.25) is 0 Å². The zero-order valence-corrected chi connectivity index (χ0v) is 16.5. The van der Waals surface area contributed by atoms with Crippen LogP contribution in [-0.2, 0) is 4.74 Å². The van der Waals surface area contributed by atoms with Crippen LogP contribution in [0.5, 0.6) is 11.5 Å². The third-order valence-electron chi connectivity index (χ3n) is 4.35. The second kappa shape index (κ2) is 7.40. The number of thiophene rings is 1. The molecule has 1 aromatic carbocycles. The molecule has 0 bridgehead atoms. The summed E-state index contributed by atoms with van der Waals surface area (Å²) < 4.78 is 15.9. The predicted octanol–water partition coefficient (Wildman–Crippen LogP) is 3.54. The third-order valence-corrected chi connectivity index (χ3v) is 5.46. The Morgan fingerprint density at radius 2 is 1.96 bits per heavy atom. The van der Waals surface area contributed by atoms with E-state index < -0.39 is 12.1 Å². The van der Waals surface area contributed by atoms with Crippen LogP contribution >= 0.6 is 11.3 Å². The number of nitrogens with zero attached hydrogens (tertiary/aromatic N) is 1. The summed E-state index contributed by atoms with van der Waals surface area (Å²) in [5.41, 5.74) is 0.945. The smallest absolute Gasteiger partial charge is 0.342 e.